The molecule has 158 valence electrons. The van der Waals surface area contributed by atoms with Crippen LogP contribution in [0.2, 0.25) is 0 Å². The van der Waals surface area contributed by atoms with Crippen LogP contribution < -0.4 is 0 Å². The molecule has 3 nitrogen and oxygen atoms in total. The molecule has 0 N–H and O–H groups in total. The molecule has 0 saturated carbocycles. The molecule has 1 aliphatic rings. The standard InChI is InChI=1S/C25H40O3/c1-2-3-4-5-6-7-8-9-10-14-18-23(24-19-15-20-25(26)28-24)27-21-22-16-12-11-13-17-22/h11-13,16-17,23-24H,2-10,14-15,18-21H2,1H3/t23-,24-/m1/s1. The number of esters is 1. The average molecular weight is 389 g/mol. The number of carbonyl (C=O) groups is 1. The van der Waals surface area contributed by atoms with Gasteiger partial charge in [0.15, 0.2) is 0 Å². The summed E-state index contributed by atoms with van der Waals surface area (Å²) >= 11 is 0. The Hall–Kier alpha value is -1.35. The second kappa shape index (κ2) is 14.6. The van der Waals surface area contributed by atoms with Crippen LogP contribution in [0.25, 0.3) is 0 Å². The van der Waals surface area contributed by atoms with E-state index in [1.807, 2.05) is 18.2 Å². The highest BCUT2D eigenvalue weighted by molar-refractivity contribution is 5.70. The third kappa shape index (κ3) is 9.73. The molecule has 2 atom stereocenters. The molecule has 28 heavy (non-hydrogen) atoms. The van der Waals surface area contributed by atoms with Crippen LogP contribution in [-0.4, -0.2) is 18.2 Å². The maximum atomic E-state index is 11.7. The smallest absolute Gasteiger partial charge is 0.306 e. The van der Waals surface area contributed by atoms with Gasteiger partial charge in [-0.1, -0.05) is 101 Å². The van der Waals surface area contributed by atoms with Crippen molar-refractivity contribution in [2.75, 3.05) is 0 Å². The molecular formula is C25H40O3. The van der Waals surface area contributed by atoms with Gasteiger partial charge >= 0.3 is 5.97 Å². The van der Waals surface area contributed by atoms with Gasteiger partial charge in [0, 0.05) is 6.42 Å². The first-order valence-corrected chi connectivity index (χ1v) is 11.6. The molecule has 1 fully saturated rings. The molecule has 1 heterocycles. The fourth-order valence-electron chi connectivity index (χ4n) is 3.98. The summed E-state index contributed by atoms with van der Waals surface area (Å²) in [5.41, 5.74) is 1.18. The Morgan fingerprint density at radius 2 is 1.61 bits per heavy atom. The van der Waals surface area contributed by atoms with Crippen LogP contribution in [0.3, 0.4) is 0 Å². The number of carbonyl (C=O) groups excluding carboxylic acids is 1. The first kappa shape index (κ1) is 22.9. The van der Waals surface area contributed by atoms with E-state index >= 15 is 0 Å². The van der Waals surface area contributed by atoms with Gasteiger partial charge in [-0.25, -0.2) is 0 Å². The predicted molar refractivity (Wildman–Crippen MR) is 115 cm³/mol. The van der Waals surface area contributed by atoms with Gasteiger partial charge in [-0.05, 0) is 24.8 Å². The van der Waals surface area contributed by atoms with Crippen LogP contribution in [0, 0.1) is 0 Å². The zero-order valence-corrected chi connectivity index (χ0v) is 17.9. The molecule has 0 spiro atoms. The normalized spacial score (nSPS) is 18.0. The average Bonchev–Trinajstić information content (AvgIpc) is 2.72. The maximum absolute atomic E-state index is 11.7. The highest BCUT2D eigenvalue weighted by Crippen LogP contribution is 2.24. The van der Waals surface area contributed by atoms with E-state index in [1.54, 1.807) is 0 Å². The molecule has 2 rings (SSSR count). The van der Waals surface area contributed by atoms with Gasteiger partial charge in [-0.2, -0.15) is 0 Å². The summed E-state index contributed by atoms with van der Waals surface area (Å²) in [6.07, 6.45) is 16.7. The van der Waals surface area contributed by atoms with E-state index < -0.39 is 0 Å². The number of cyclic esters (lactones) is 1. The van der Waals surface area contributed by atoms with Crippen molar-refractivity contribution in [2.45, 2.75) is 116 Å². The van der Waals surface area contributed by atoms with Crippen molar-refractivity contribution in [1.82, 2.24) is 0 Å². The highest BCUT2D eigenvalue weighted by atomic mass is 16.6. The second-order valence-electron chi connectivity index (χ2n) is 8.23. The summed E-state index contributed by atoms with van der Waals surface area (Å²) in [5, 5.41) is 0. The van der Waals surface area contributed by atoms with E-state index in [-0.39, 0.29) is 18.2 Å². The van der Waals surface area contributed by atoms with Crippen LogP contribution in [0.15, 0.2) is 30.3 Å². The quantitative estimate of drug-likeness (QED) is 0.240. The first-order valence-electron chi connectivity index (χ1n) is 11.6. The van der Waals surface area contributed by atoms with Crippen LogP contribution in [-0.2, 0) is 20.9 Å². The highest BCUT2D eigenvalue weighted by Gasteiger charge is 2.29. The number of rotatable bonds is 15. The summed E-state index contributed by atoms with van der Waals surface area (Å²) in [7, 11) is 0. The van der Waals surface area contributed by atoms with Crippen molar-refractivity contribution >= 4 is 5.97 Å². The number of hydrogen-bond donors (Lipinski definition) is 0. The van der Waals surface area contributed by atoms with Crippen molar-refractivity contribution in [1.29, 1.82) is 0 Å². The molecule has 3 heteroatoms. The number of hydrogen-bond acceptors (Lipinski definition) is 3. The molecule has 0 aliphatic carbocycles. The molecule has 1 aromatic carbocycles. The number of ether oxygens (including phenoxy) is 2. The topological polar surface area (TPSA) is 35.5 Å². The summed E-state index contributed by atoms with van der Waals surface area (Å²) in [5.74, 6) is -0.0624. The SMILES string of the molecule is CCCCCCCCCCCC[C@@H](OCc1ccccc1)[C@H]1CCCC(=O)O1. The summed E-state index contributed by atoms with van der Waals surface area (Å²) in [6.45, 7) is 2.86. The number of benzene rings is 1. The molecular weight excluding hydrogens is 348 g/mol. The zero-order valence-electron chi connectivity index (χ0n) is 17.9. The Morgan fingerprint density at radius 3 is 2.25 bits per heavy atom. The van der Waals surface area contributed by atoms with Crippen molar-refractivity contribution in [3.8, 4) is 0 Å². The van der Waals surface area contributed by atoms with Crippen molar-refractivity contribution in [3.05, 3.63) is 35.9 Å². The van der Waals surface area contributed by atoms with Crippen LogP contribution in [0.5, 0.6) is 0 Å². The Balaban J connectivity index is 1.65. The van der Waals surface area contributed by atoms with Gasteiger partial charge in [0.1, 0.15) is 6.10 Å². The molecule has 1 saturated heterocycles. The Morgan fingerprint density at radius 1 is 0.964 bits per heavy atom. The van der Waals surface area contributed by atoms with Gasteiger partial charge in [-0.15, -0.1) is 0 Å². The van der Waals surface area contributed by atoms with Crippen LogP contribution >= 0.6 is 0 Å². The first-order chi connectivity index (χ1) is 13.8. The zero-order chi connectivity index (χ0) is 19.9. The van der Waals surface area contributed by atoms with Crippen molar-refractivity contribution in [3.63, 3.8) is 0 Å². The number of unbranched alkanes of at least 4 members (excludes halogenated alkanes) is 9. The molecule has 0 bridgehead atoms. The molecule has 1 aromatic rings. The van der Waals surface area contributed by atoms with E-state index in [0.29, 0.717) is 13.0 Å². The van der Waals surface area contributed by atoms with E-state index in [2.05, 4.69) is 19.1 Å². The third-order valence-corrected chi connectivity index (χ3v) is 5.72. The molecule has 0 unspecified atom stereocenters. The fourth-order valence-corrected chi connectivity index (χ4v) is 3.98. The van der Waals surface area contributed by atoms with Gasteiger partial charge in [0.25, 0.3) is 0 Å². The Bertz CT molecular complexity index is 514. The lowest BCUT2D eigenvalue weighted by Crippen LogP contribution is -2.36. The van der Waals surface area contributed by atoms with Gasteiger partial charge in [0.2, 0.25) is 0 Å². The largest absolute Gasteiger partial charge is 0.460 e. The minimum absolute atomic E-state index is 0.0264. The van der Waals surface area contributed by atoms with Gasteiger partial charge < -0.3 is 9.47 Å². The molecule has 1 aliphatic heterocycles. The lowest BCUT2D eigenvalue weighted by molar-refractivity contribution is -0.165. The third-order valence-electron chi connectivity index (χ3n) is 5.72. The van der Waals surface area contributed by atoms with Crippen molar-refractivity contribution in [2.24, 2.45) is 0 Å². The summed E-state index contributed by atoms with van der Waals surface area (Å²) in [6, 6.07) is 10.3. The summed E-state index contributed by atoms with van der Waals surface area (Å²) in [4.78, 5) is 11.7. The minimum atomic E-state index is -0.0662. The minimum Gasteiger partial charge on any atom is -0.460 e. The van der Waals surface area contributed by atoms with Crippen LogP contribution in [0.1, 0.15) is 102 Å². The van der Waals surface area contributed by atoms with E-state index in [0.717, 1.165) is 25.7 Å². The van der Waals surface area contributed by atoms with Gasteiger partial charge in [-0.3, -0.25) is 4.79 Å². The lowest BCUT2D eigenvalue weighted by Gasteiger charge is -2.30. The van der Waals surface area contributed by atoms with Gasteiger partial charge in [0.05, 0.1) is 12.7 Å². The molecule has 0 amide bonds. The monoisotopic (exact) mass is 388 g/mol. The Labute approximate surface area is 172 Å². The van der Waals surface area contributed by atoms with Crippen molar-refractivity contribution < 1.29 is 14.3 Å². The van der Waals surface area contributed by atoms with Crippen LogP contribution in [0.4, 0.5) is 0 Å². The maximum Gasteiger partial charge on any atom is 0.306 e. The summed E-state index contributed by atoms with van der Waals surface area (Å²) < 4.78 is 11.8. The molecule has 0 radical (unpaired) electrons. The van der Waals surface area contributed by atoms with E-state index in [4.69, 9.17) is 9.47 Å². The Kier molecular flexibility index (Phi) is 12.0. The van der Waals surface area contributed by atoms with E-state index in [9.17, 15) is 4.79 Å². The molecule has 0 aromatic heterocycles. The second-order valence-corrected chi connectivity index (χ2v) is 8.23. The predicted octanol–water partition coefficient (Wildman–Crippen LogP) is 6.98. The lowest BCUT2D eigenvalue weighted by atomic mass is 9.98. The van der Waals surface area contributed by atoms with E-state index in [1.165, 1.54) is 63.4 Å². The fraction of sp³-hybridized carbons (Fsp3) is 0.720.